The molecule has 0 atom stereocenters. The van der Waals surface area contributed by atoms with Gasteiger partial charge in [-0.05, 0) is 24.3 Å². The summed E-state index contributed by atoms with van der Waals surface area (Å²) in [6, 6.07) is 7.31. The normalized spacial score (nSPS) is 10.5. The summed E-state index contributed by atoms with van der Waals surface area (Å²) in [5, 5.41) is 2.77. The van der Waals surface area contributed by atoms with Crippen molar-refractivity contribution >= 4 is 11.7 Å². The lowest BCUT2D eigenvalue weighted by atomic mass is 10.2. The van der Waals surface area contributed by atoms with Crippen LogP contribution in [0.2, 0.25) is 0 Å². The van der Waals surface area contributed by atoms with Crippen LogP contribution in [0, 0.1) is 0 Å². The summed E-state index contributed by atoms with van der Waals surface area (Å²) in [5.74, 6) is 0.288. The molecule has 132 valence electrons. The number of hydrogen-bond donors (Lipinski definition) is 1. The number of nitrogens with zero attached hydrogens (tertiary/aromatic N) is 6. The van der Waals surface area contributed by atoms with Gasteiger partial charge in [0, 0.05) is 48.3 Å². The van der Waals surface area contributed by atoms with Gasteiger partial charge in [0.05, 0.1) is 23.9 Å². The molecule has 0 unspecified atom stereocenters. The molecule has 0 aliphatic carbocycles. The molecule has 0 fully saturated rings. The first-order valence-corrected chi connectivity index (χ1v) is 8.22. The van der Waals surface area contributed by atoms with Crippen molar-refractivity contribution < 1.29 is 4.79 Å². The van der Waals surface area contributed by atoms with E-state index in [0.717, 1.165) is 22.5 Å². The number of rotatable bonds is 5. The van der Waals surface area contributed by atoms with Crippen molar-refractivity contribution in [1.29, 1.82) is 0 Å². The molecule has 4 heterocycles. The minimum absolute atomic E-state index is 0.145. The molecule has 4 aromatic heterocycles. The minimum Gasteiger partial charge on any atom is -0.327 e. The average Bonchev–Trinajstić information content (AvgIpc) is 3.18. The zero-order chi connectivity index (χ0) is 18.5. The van der Waals surface area contributed by atoms with Crippen LogP contribution in [-0.2, 0) is 11.3 Å². The molecule has 0 aromatic carbocycles. The lowest BCUT2D eigenvalue weighted by Gasteiger charge is -2.06. The third-order valence-corrected chi connectivity index (χ3v) is 3.83. The van der Waals surface area contributed by atoms with E-state index in [1.807, 2.05) is 24.4 Å². The van der Waals surface area contributed by atoms with Crippen molar-refractivity contribution in [3.8, 4) is 22.5 Å². The maximum atomic E-state index is 12.3. The molecular weight excluding hydrogens is 342 g/mol. The summed E-state index contributed by atoms with van der Waals surface area (Å²) in [7, 11) is 0. The van der Waals surface area contributed by atoms with E-state index in [9.17, 15) is 4.79 Å². The standard InChI is InChI=1S/C19H15N7O/c27-19(12-26-11-17(24-13-26)14-3-5-20-6-4-14)25-18-2-1-15(9-23-18)16-10-21-7-8-22-16/h1-11,13H,12H2,(H,23,25,27). The van der Waals surface area contributed by atoms with Crippen molar-refractivity contribution in [3.63, 3.8) is 0 Å². The van der Waals surface area contributed by atoms with Crippen LogP contribution in [0.3, 0.4) is 0 Å². The van der Waals surface area contributed by atoms with Crippen LogP contribution < -0.4 is 5.32 Å². The number of amides is 1. The number of hydrogen-bond acceptors (Lipinski definition) is 6. The third-order valence-electron chi connectivity index (χ3n) is 3.83. The van der Waals surface area contributed by atoms with E-state index in [0.29, 0.717) is 5.82 Å². The van der Waals surface area contributed by atoms with Gasteiger partial charge in [-0.3, -0.25) is 19.7 Å². The molecule has 0 bridgehead atoms. The quantitative estimate of drug-likeness (QED) is 0.589. The Bertz CT molecular complexity index is 1030. The molecule has 8 nitrogen and oxygen atoms in total. The maximum Gasteiger partial charge on any atom is 0.245 e. The summed E-state index contributed by atoms with van der Waals surface area (Å²) < 4.78 is 1.72. The van der Waals surface area contributed by atoms with Crippen LogP contribution in [0.5, 0.6) is 0 Å². The number of carbonyl (C=O) groups is 1. The van der Waals surface area contributed by atoms with E-state index in [1.54, 1.807) is 54.1 Å². The Kier molecular flexibility index (Phi) is 4.60. The second-order valence-electron chi connectivity index (χ2n) is 5.74. The van der Waals surface area contributed by atoms with Crippen LogP contribution in [0.25, 0.3) is 22.5 Å². The molecule has 27 heavy (non-hydrogen) atoms. The Morgan fingerprint density at radius 1 is 0.852 bits per heavy atom. The van der Waals surface area contributed by atoms with E-state index in [-0.39, 0.29) is 12.5 Å². The molecule has 0 aliphatic rings. The highest BCUT2D eigenvalue weighted by Gasteiger charge is 2.08. The first kappa shape index (κ1) is 16.5. The fraction of sp³-hybridized carbons (Fsp3) is 0.0526. The fourth-order valence-electron chi connectivity index (χ4n) is 2.53. The highest BCUT2D eigenvalue weighted by Crippen LogP contribution is 2.17. The minimum atomic E-state index is -0.187. The second kappa shape index (κ2) is 7.52. The molecule has 1 amide bonds. The average molecular weight is 357 g/mol. The fourth-order valence-corrected chi connectivity index (χ4v) is 2.53. The van der Waals surface area contributed by atoms with E-state index in [2.05, 4.69) is 30.2 Å². The summed E-state index contributed by atoms with van der Waals surface area (Å²) in [6.45, 7) is 0.145. The molecule has 8 heteroatoms. The summed E-state index contributed by atoms with van der Waals surface area (Å²) >= 11 is 0. The Labute approximate surface area is 155 Å². The summed E-state index contributed by atoms with van der Waals surface area (Å²) in [4.78, 5) is 33.1. The summed E-state index contributed by atoms with van der Waals surface area (Å²) in [5.41, 5.74) is 3.30. The predicted molar refractivity (Wildman–Crippen MR) is 99.4 cm³/mol. The highest BCUT2D eigenvalue weighted by atomic mass is 16.2. The van der Waals surface area contributed by atoms with Crippen LogP contribution in [0.4, 0.5) is 5.82 Å². The zero-order valence-corrected chi connectivity index (χ0v) is 14.2. The van der Waals surface area contributed by atoms with Crippen molar-refractivity contribution in [1.82, 2.24) is 29.5 Å². The van der Waals surface area contributed by atoms with Crippen LogP contribution in [-0.4, -0.2) is 35.4 Å². The van der Waals surface area contributed by atoms with Gasteiger partial charge in [-0.2, -0.15) is 0 Å². The Hall–Kier alpha value is -3.94. The van der Waals surface area contributed by atoms with Crippen molar-refractivity contribution in [2.45, 2.75) is 6.54 Å². The smallest absolute Gasteiger partial charge is 0.245 e. The van der Waals surface area contributed by atoms with Gasteiger partial charge in [-0.15, -0.1) is 0 Å². The van der Waals surface area contributed by atoms with Gasteiger partial charge in [0.1, 0.15) is 12.4 Å². The van der Waals surface area contributed by atoms with Crippen molar-refractivity contribution in [2.75, 3.05) is 5.32 Å². The van der Waals surface area contributed by atoms with E-state index < -0.39 is 0 Å². The second-order valence-corrected chi connectivity index (χ2v) is 5.74. The number of aromatic nitrogens is 6. The lowest BCUT2D eigenvalue weighted by molar-refractivity contribution is -0.116. The van der Waals surface area contributed by atoms with Gasteiger partial charge in [-0.1, -0.05) is 0 Å². The van der Waals surface area contributed by atoms with Gasteiger partial charge in [0.25, 0.3) is 0 Å². The lowest BCUT2D eigenvalue weighted by Crippen LogP contribution is -2.18. The SMILES string of the molecule is O=C(Cn1cnc(-c2ccncc2)c1)Nc1ccc(-c2cnccn2)cn1. The Balaban J connectivity index is 1.39. The molecule has 0 saturated heterocycles. The Morgan fingerprint density at radius 3 is 2.48 bits per heavy atom. The molecule has 4 rings (SSSR count). The molecule has 0 spiro atoms. The van der Waals surface area contributed by atoms with Gasteiger partial charge >= 0.3 is 0 Å². The summed E-state index contributed by atoms with van der Waals surface area (Å²) in [6.07, 6.45) is 13.4. The first-order chi connectivity index (χ1) is 13.3. The van der Waals surface area contributed by atoms with Gasteiger partial charge in [-0.25, -0.2) is 9.97 Å². The molecule has 0 aliphatic heterocycles. The molecule has 4 aromatic rings. The van der Waals surface area contributed by atoms with Gasteiger partial charge < -0.3 is 9.88 Å². The van der Waals surface area contributed by atoms with Crippen LogP contribution in [0.15, 0.2) is 74.0 Å². The zero-order valence-electron chi connectivity index (χ0n) is 14.2. The van der Waals surface area contributed by atoms with Crippen LogP contribution in [0.1, 0.15) is 0 Å². The maximum absolute atomic E-state index is 12.3. The number of pyridine rings is 2. The number of nitrogens with one attached hydrogen (secondary N) is 1. The van der Waals surface area contributed by atoms with Gasteiger partial charge in [0.15, 0.2) is 0 Å². The number of carbonyl (C=O) groups excluding carboxylic acids is 1. The van der Waals surface area contributed by atoms with Crippen molar-refractivity contribution in [2.24, 2.45) is 0 Å². The largest absolute Gasteiger partial charge is 0.327 e. The van der Waals surface area contributed by atoms with Gasteiger partial charge in [0.2, 0.25) is 5.91 Å². The molecule has 0 radical (unpaired) electrons. The number of anilines is 1. The highest BCUT2D eigenvalue weighted by molar-refractivity contribution is 5.89. The molecule has 0 saturated carbocycles. The number of imidazole rings is 1. The predicted octanol–water partition coefficient (Wildman–Crippen LogP) is 2.44. The van der Waals surface area contributed by atoms with Crippen molar-refractivity contribution in [3.05, 3.63) is 74.0 Å². The Morgan fingerprint density at radius 2 is 1.74 bits per heavy atom. The van der Waals surface area contributed by atoms with E-state index in [1.165, 1.54) is 0 Å². The monoisotopic (exact) mass is 357 g/mol. The third kappa shape index (κ3) is 4.01. The van der Waals surface area contributed by atoms with E-state index in [4.69, 9.17) is 0 Å². The van der Waals surface area contributed by atoms with Crippen LogP contribution >= 0.6 is 0 Å². The van der Waals surface area contributed by atoms with E-state index >= 15 is 0 Å². The molecule has 1 N–H and O–H groups in total. The topological polar surface area (TPSA) is 98.5 Å². The first-order valence-electron chi connectivity index (χ1n) is 8.22. The molecular formula is C19H15N7O.